The molecule has 0 bridgehead atoms. The van der Waals surface area contributed by atoms with Crippen molar-refractivity contribution in [3.63, 3.8) is 0 Å². The summed E-state index contributed by atoms with van der Waals surface area (Å²) < 4.78 is 12.8. The van der Waals surface area contributed by atoms with Crippen molar-refractivity contribution in [2.45, 2.75) is 23.5 Å². The predicted octanol–water partition coefficient (Wildman–Crippen LogP) is 4.32. The van der Waals surface area contributed by atoms with Gasteiger partial charge in [0.15, 0.2) is 0 Å². The van der Waals surface area contributed by atoms with Crippen molar-refractivity contribution in [3.8, 4) is 0 Å². The third-order valence-electron chi connectivity index (χ3n) is 3.14. The first kappa shape index (κ1) is 16.8. The van der Waals surface area contributed by atoms with Gasteiger partial charge >= 0.3 is 0 Å². The zero-order valence-electron chi connectivity index (χ0n) is 12.2. The van der Waals surface area contributed by atoms with E-state index in [0.717, 1.165) is 10.5 Å². The number of carbonyl (C=O) groups excluding carboxylic acids is 1. The van der Waals surface area contributed by atoms with Gasteiger partial charge in [-0.25, -0.2) is 4.39 Å². The summed E-state index contributed by atoms with van der Waals surface area (Å²) in [5, 5.41) is 3.31. The molecule has 0 aliphatic carbocycles. The van der Waals surface area contributed by atoms with Crippen LogP contribution in [0.25, 0.3) is 0 Å². The maximum atomic E-state index is 12.8. The molecule has 5 heteroatoms. The largest absolute Gasteiger partial charge is 0.355 e. The van der Waals surface area contributed by atoms with Crippen molar-refractivity contribution in [3.05, 3.63) is 64.9 Å². The standard InChI is InChI=1S/C17H17ClFNOS/c1-12(22-16-5-3-2-4-15(16)18)17(21)20-11-10-13-6-8-14(19)9-7-13/h2-9,12H,10-11H2,1H3,(H,20,21)/t12-/m0/s1. The number of halogens is 2. The normalized spacial score (nSPS) is 12.0. The van der Waals surface area contributed by atoms with Crippen LogP contribution in [0.5, 0.6) is 0 Å². The van der Waals surface area contributed by atoms with Crippen LogP contribution in [0.2, 0.25) is 5.02 Å². The molecule has 0 heterocycles. The Morgan fingerprint density at radius 2 is 1.91 bits per heavy atom. The quantitative estimate of drug-likeness (QED) is 0.795. The highest BCUT2D eigenvalue weighted by Gasteiger charge is 2.15. The lowest BCUT2D eigenvalue weighted by Crippen LogP contribution is -2.32. The molecule has 0 spiro atoms. The van der Waals surface area contributed by atoms with Crippen LogP contribution in [0.15, 0.2) is 53.4 Å². The van der Waals surface area contributed by atoms with E-state index in [2.05, 4.69) is 5.32 Å². The Morgan fingerprint density at radius 3 is 2.59 bits per heavy atom. The van der Waals surface area contributed by atoms with E-state index in [4.69, 9.17) is 11.6 Å². The number of carbonyl (C=O) groups is 1. The van der Waals surface area contributed by atoms with Crippen molar-refractivity contribution in [2.75, 3.05) is 6.54 Å². The molecule has 22 heavy (non-hydrogen) atoms. The molecule has 0 saturated heterocycles. The monoisotopic (exact) mass is 337 g/mol. The van der Waals surface area contributed by atoms with Crippen molar-refractivity contribution >= 4 is 29.3 Å². The molecule has 0 radical (unpaired) electrons. The highest BCUT2D eigenvalue weighted by atomic mass is 35.5. The van der Waals surface area contributed by atoms with Gasteiger partial charge in [0.05, 0.1) is 10.3 Å². The first-order chi connectivity index (χ1) is 10.6. The minimum Gasteiger partial charge on any atom is -0.355 e. The number of thioether (sulfide) groups is 1. The minimum absolute atomic E-state index is 0.0352. The molecule has 2 rings (SSSR count). The molecule has 1 amide bonds. The highest BCUT2D eigenvalue weighted by Crippen LogP contribution is 2.29. The maximum absolute atomic E-state index is 12.8. The summed E-state index contributed by atoms with van der Waals surface area (Å²) in [6, 6.07) is 13.8. The molecular weight excluding hydrogens is 321 g/mol. The fourth-order valence-electron chi connectivity index (χ4n) is 1.91. The second-order valence-corrected chi connectivity index (χ2v) is 6.65. The summed E-state index contributed by atoms with van der Waals surface area (Å²) in [5.74, 6) is -0.287. The molecular formula is C17H17ClFNOS. The molecule has 0 aliphatic rings. The predicted molar refractivity (Wildman–Crippen MR) is 89.9 cm³/mol. The maximum Gasteiger partial charge on any atom is 0.233 e. The van der Waals surface area contributed by atoms with Gasteiger partial charge in [0.25, 0.3) is 0 Å². The lowest BCUT2D eigenvalue weighted by Gasteiger charge is -2.12. The van der Waals surface area contributed by atoms with Gasteiger partial charge in [-0.15, -0.1) is 11.8 Å². The molecule has 0 aliphatic heterocycles. The van der Waals surface area contributed by atoms with E-state index in [1.54, 1.807) is 12.1 Å². The van der Waals surface area contributed by atoms with Gasteiger partial charge in [-0.2, -0.15) is 0 Å². The molecule has 2 aromatic rings. The second-order valence-electron chi connectivity index (χ2n) is 4.86. The van der Waals surface area contributed by atoms with E-state index in [9.17, 15) is 9.18 Å². The van der Waals surface area contributed by atoms with E-state index in [-0.39, 0.29) is 17.0 Å². The van der Waals surface area contributed by atoms with Crippen molar-refractivity contribution < 1.29 is 9.18 Å². The van der Waals surface area contributed by atoms with Crippen LogP contribution in [-0.2, 0) is 11.2 Å². The van der Waals surface area contributed by atoms with E-state index >= 15 is 0 Å². The first-order valence-corrected chi connectivity index (χ1v) is 8.25. The van der Waals surface area contributed by atoms with Gasteiger partial charge in [-0.1, -0.05) is 35.9 Å². The summed E-state index contributed by atoms with van der Waals surface area (Å²) in [7, 11) is 0. The molecule has 1 atom stereocenters. The average Bonchev–Trinajstić information content (AvgIpc) is 2.51. The van der Waals surface area contributed by atoms with Gasteiger partial charge in [0, 0.05) is 11.4 Å². The van der Waals surface area contributed by atoms with E-state index in [1.807, 2.05) is 31.2 Å². The second kappa shape index (κ2) is 8.20. The number of amides is 1. The number of hydrogen-bond donors (Lipinski definition) is 1. The Morgan fingerprint density at radius 1 is 1.23 bits per heavy atom. The lowest BCUT2D eigenvalue weighted by molar-refractivity contribution is -0.120. The topological polar surface area (TPSA) is 29.1 Å². The molecule has 116 valence electrons. The Hall–Kier alpha value is -1.52. The van der Waals surface area contributed by atoms with Gasteiger partial charge < -0.3 is 5.32 Å². The van der Waals surface area contributed by atoms with Crippen LogP contribution in [0.4, 0.5) is 4.39 Å². The molecule has 0 fully saturated rings. The summed E-state index contributed by atoms with van der Waals surface area (Å²) in [5.41, 5.74) is 0.994. The minimum atomic E-state index is -0.252. The summed E-state index contributed by atoms with van der Waals surface area (Å²) in [6.07, 6.45) is 0.676. The highest BCUT2D eigenvalue weighted by molar-refractivity contribution is 8.00. The van der Waals surface area contributed by atoms with Crippen LogP contribution in [-0.4, -0.2) is 17.7 Å². The van der Waals surface area contributed by atoms with Crippen LogP contribution in [0.3, 0.4) is 0 Å². The SMILES string of the molecule is C[C@H](Sc1ccccc1Cl)C(=O)NCCc1ccc(F)cc1. The fraction of sp³-hybridized carbons (Fsp3) is 0.235. The number of nitrogens with one attached hydrogen (secondary N) is 1. The number of benzene rings is 2. The molecule has 0 unspecified atom stereocenters. The van der Waals surface area contributed by atoms with Gasteiger partial charge in [0.2, 0.25) is 5.91 Å². The average molecular weight is 338 g/mol. The first-order valence-electron chi connectivity index (χ1n) is 6.99. The molecule has 2 aromatic carbocycles. The molecule has 1 N–H and O–H groups in total. The number of hydrogen-bond acceptors (Lipinski definition) is 2. The van der Waals surface area contributed by atoms with E-state index in [0.29, 0.717) is 18.0 Å². The van der Waals surface area contributed by atoms with Crippen LogP contribution >= 0.6 is 23.4 Å². The van der Waals surface area contributed by atoms with Crippen LogP contribution < -0.4 is 5.32 Å². The molecule has 0 saturated carbocycles. The third kappa shape index (κ3) is 5.04. The van der Waals surface area contributed by atoms with Gasteiger partial charge in [-0.05, 0) is 43.2 Å². The Balaban J connectivity index is 1.79. The Kier molecular flexibility index (Phi) is 6.28. The zero-order chi connectivity index (χ0) is 15.9. The Bertz CT molecular complexity index is 633. The lowest BCUT2D eigenvalue weighted by atomic mass is 10.1. The van der Waals surface area contributed by atoms with E-state index < -0.39 is 0 Å². The van der Waals surface area contributed by atoms with Crippen LogP contribution in [0.1, 0.15) is 12.5 Å². The summed E-state index contributed by atoms with van der Waals surface area (Å²) in [6.45, 7) is 2.37. The fourth-order valence-corrected chi connectivity index (χ4v) is 3.09. The van der Waals surface area contributed by atoms with Crippen molar-refractivity contribution in [2.24, 2.45) is 0 Å². The van der Waals surface area contributed by atoms with Crippen molar-refractivity contribution in [1.82, 2.24) is 5.32 Å². The van der Waals surface area contributed by atoms with Gasteiger partial charge in [0.1, 0.15) is 5.82 Å². The summed E-state index contributed by atoms with van der Waals surface area (Å²) >= 11 is 7.52. The smallest absolute Gasteiger partial charge is 0.233 e. The van der Waals surface area contributed by atoms with Gasteiger partial charge in [-0.3, -0.25) is 4.79 Å². The van der Waals surface area contributed by atoms with Crippen LogP contribution in [0, 0.1) is 5.82 Å². The molecule has 0 aromatic heterocycles. The number of rotatable bonds is 6. The van der Waals surface area contributed by atoms with Crippen molar-refractivity contribution in [1.29, 1.82) is 0 Å². The van der Waals surface area contributed by atoms with E-state index in [1.165, 1.54) is 23.9 Å². The Labute approximate surface area is 139 Å². The third-order valence-corrected chi connectivity index (χ3v) is 4.75. The zero-order valence-corrected chi connectivity index (χ0v) is 13.8. The molecule has 2 nitrogen and oxygen atoms in total. The summed E-state index contributed by atoms with van der Waals surface area (Å²) in [4.78, 5) is 13.0.